The molecule has 2 aromatic rings. The van der Waals surface area contributed by atoms with Gasteiger partial charge in [0.25, 0.3) is 0 Å². The molecule has 0 N–H and O–H groups in total. The molecule has 0 atom stereocenters. The van der Waals surface area contributed by atoms with E-state index >= 15 is 0 Å². The third-order valence-electron chi connectivity index (χ3n) is 3.23. The number of halogens is 1. The topological polar surface area (TPSA) is 30.2 Å². The van der Waals surface area contributed by atoms with E-state index in [1.54, 1.807) is 4.52 Å². The van der Waals surface area contributed by atoms with E-state index in [2.05, 4.69) is 17.0 Å². The molecule has 0 fully saturated rings. The summed E-state index contributed by atoms with van der Waals surface area (Å²) < 4.78 is 1.78. The van der Waals surface area contributed by atoms with Crippen LogP contribution < -0.4 is 0 Å². The predicted molar refractivity (Wildman–Crippen MR) is 64.0 cm³/mol. The second-order valence-corrected chi connectivity index (χ2v) is 4.65. The van der Waals surface area contributed by atoms with E-state index in [9.17, 15) is 0 Å². The molecule has 1 aliphatic rings. The molecular weight excluding hydrogens is 222 g/mol. The molecule has 0 spiro atoms. The molecule has 0 saturated heterocycles. The molecule has 0 saturated carbocycles. The molecule has 1 aliphatic carbocycles. The fraction of sp³-hybridized carbons (Fsp3) is 0.500. The van der Waals surface area contributed by atoms with Crippen LogP contribution in [-0.4, -0.2) is 14.6 Å². The summed E-state index contributed by atoms with van der Waals surface area (Å²) in [4.78, 5) is 4.66. The lowest BCUT2D eigenvalue weighted by molar-refractivity contribution is 0.659. The lowest BCUT2D eigenvalue weighted by Gasteiger charge is -2.16. The minimum absolute atomic E-state index is 0.763. The van der Waals surface area contributed by atoms with Crippen LogP contribution in [0, 0.1) is 0 Å². The molecule has 0 bridgehead atoms. The standard InChI is InChI=1S/C12H14ClN3/c1-2-8-7-11-14-10-6-4-3-5-9(10)12(13)16(11)15-8/h7H,2-6H2,1H3. The second-order valence-electron chi connectivity index (χ2n) is 4.29. The minimum Gasteiger partial charge on any atom is -0.233 e. The van der Waals surface area contributed by atoms with Crippen LogP contribution in [-0.2, 0) is 19.3 Å². The van der Waals surface area contributed by atoms with Crippen LogP contribution in [0.4, 0.5) is 0 Å². The molecule has 2 aromatic heterocycles. The largest absolute Gasteiger partial charge is 0.233 e. The maximum atomic E-state index is 6.39. The first kappa shape index (κ1) is 10.1. The highest BCUT2D eigenvalue weighted by Crippen LogP contribution is 2.27. The summed E-state index contributed by atoms with van der Waals surface area (Å²) in [6.45, 7) is 2.09. The van der Waals surface area contributed by atoms with Crippen LogP contribution in [0.15, 0.2) is 6.07 Å². The quantitative estimate of drug-likeness (QED) is 0.712. The van der Waals surface area contributed by atoms with Gasteiger partial charge in [0.05, 0.1) is 5.69 Å². The van der Waals surface area contributed by atoms with E-state index in [0.717, 1.165) is 35.8 Å². The average Bonchev–Trinajstić information content (AvgIpc) is 2.73. The Kier molecular flexibility index (Phi) is 2.36. The predicted octanol–water partition coefficient (Wildman–Crippen LogP) is 2.82. The summed E-state index contributed by atoms with van der Waals surface area (Å²) in [6, 6.07) is 2.03. The van der Waals surface area contributed by atoms with Gasteiger partial charge in [0, 0.05) is 17.3 Å². The third-order valence-corrected chi connectivity index (χ3v) is 3.61. The molecule has 3 nitrogen and oxygen atoms in total. The van der Waals surface area contributed by atoms with Crippen molar-refractivity contribution in [3.8, 4) is 0 Å². The number of hydrogen-bond acceptors (Lipinski definition) is 2. The summed E-state index contributed by atoms with van der Waals surface area (Å²) in [5.41, 5.74) is 4.32. The number of hydrogen-bond donors (Lipinski definition) is 0. The highest BCUT2D eigenvalue weighted by molar-refractivity contribution is 6.30. The molecule has 4 heteroatoms. The number of aryl methyl sites for hydroxylation is 2. The van der Waals surface area contributed by atoms with Crippen LogP contribution in [0.2, 0.25) is 5.15 Å². The summed E-state index contributed by atoms with van der Waals surface area (Å²) in [5, 5.41) is 5.22. The maximum absolute atomic E-state index is 6.39. The minimum atomic E-state index is 0.763. The Morgan fingerprint density at radius 3 is 3.00 bits per heavy atom. The summed E-state index contributed by atoms with van der Waals surface area (Å²) in [5.74, 6) is 0. The normalized spacial score (nSPS) is 15.4. The van der Waals surface area contributed by atoms with Crippen molar-refractivity contribution in [3.63, 3.8) is 0 Å². The molecule has 0 aliphatic heterocycles. The molecule has 3 rings (SSSR count). The zero-order valence-corrected chi connectivity index (χ0v) is 10.1. The first-order chi connectivity index (χ1) is 7.79. The maximum Gasteiger partial charge on any atom is 0.157 e. The Labute approximate surface area is 99.4 Å². The summed E-state index contributed by atoms with van der Waals surface area (Å²) >= 11 is 6.39. The van der Waals surface area contributed by atoms with Gasteiger partial charge in [-0.15, -0.1) is 0 Å². The van der Waals surface area contributed by atoms with Crippen molar-refractivity contribution in [1.82, 2.24) is 14.6 Å². The van der Waals surface area contributed by atoms with Crippen LogP contribution in [0.25, 0.3) is 5.65 Å². The van der Waals surface area contributed by atoms with Crippen molar-refractivity contribution in [1.29, 1.82) is 0 Å². The first-order valence-electron chi connectivity index (χ1n) is 5.85. The fourth-order valence-electron chi connectivity index (χ4n) is 2.32. The van der Waals surface area contributed by atoms with Gasteiger partial charge in [-0.3, -0.25) is 0 Å². The Hall–Kier alpha value is -1.09. The first-order valence-corrected chi connectivity index (χ1v) is 6.23. The lowest BCUT2D eigenvalue weighted by atomic mass is 9.97. The van der Waals surface area contributed by atoms with E-state index in [-0.39, 0.29) is 0 Å². The second kappa shape index (κ2) is 3.74. The smallest absolute Gasteiger partial charge is 0.157 e. The van der Waals surface area contributed by atoms with Crippen molar-refractivity contribution in [2.75, 3.05) is 0 Å². The third kappa shape index (κ3) is 1.42. The number of fused-ring (bicyclic) bond motifs is 2. The molecule has 16 heavy (non-hydrogen) atoms. The Morgan fingerprint density at radius 1 is 1.38 bits per heavy atom. The number of nitrogens with zero attached hydrogens (tertiary/aromatic N) is 3. The molecule has 2 heterocycles. The number of aromatic nitrogens is 3. The van der Waals surface area contributed by atoms with Crippen LogP contribution in [0.5, 0.6) is 0 Å². The fourth-order valence-corrected chi connectivity index (χ4v) is 2.64. The Morgan fingerprint density at radius 2 is 2.19 bits per heavy atom. The monoisotopic (exact) mass is 235 g/mol. The van der Waals surface area contributed by atoms with Gasteiger partial charge in [0.2, 0.25) is 0 Å². The van der Waals surface area contributed by atoms with Gasteiger partial charge in [0.15, 0.2) is 5.65 Å². The van der Waals surface area contributed by atoms with Gasteiger partial charge < -0.3 is 0 Å². The van der Waals surface area contributed by atoms with Gasteiger partial charge in [-0.05, 0) is 32.1 Å². The van der Waals surface area contributed by atoms with Crippen LogP contribution in [0.1, 0.15) is 36.7 Å². The average molecular weight is 236 g/mol. The Balaban J connectivity index is 2.28. The number of rotatable bonds is 1. The van der Waals surface area contributed by atoms with E-state index in [4.69, 9.17) is 11.6 Å². The van der Waals surface area contributed by atoms with Gasteiger partial charge in [-0.25, -0.2) is 9.50 Å². The highest BCUT2D eigenvalue weighted by atomic mass is 35.5. The zero-order chi connectivity index (χ0) is 11.1. The van der Waals surface area contributed by atoms with Gasteiger partial charge >= 0.3 is 0 Å². The summed E-state index contributed by atoms with van der Waals surface area (Å²) in [6.07, 6.45) is 5.45. The molecule has 0 amide bonds. The zero-order valence-electron chi connectivity index (χ0n) is 9.33. The van der Waals surface area contributed by atoms with Crippen molar-refractivity contribution in [3.05, 3.63) is 28.2 Å². The molecular formula is C12H14ClN3. The van der Waals surface area contributed by atoms with Crippen molar-refractivity contribution in [2.24, 2.45) is 0 Å². The lowest BCUT2D eigenvalue weighted by Crippen LogP contribution is -2.09. The van der Waals surface area contributed by atoms with Crippen LogP contribution >= 0.6 is 11.6 Å². The van der Waals surface area contributed by atoms with E-state index < -0.39 is 0 Å². The van der Waals surface area contributed by atoms with Crippen LogP contribution in [0.3, 0.4) is 0 Å². The van der Waals surface area contributed by atoms with Crippen molar-refractivity contribution < 1.29 is 0 Å². The molecule has 0 aromatic carbocycles. The highest BCUT2D eigenvalue weighted by Gasteiger charge is 2.18. The summed E-state index contributed by atoms with van der Waals surface area (Å²) in [7, 11) is 0. The molecule has 0 radical (unpaired) electrons. The van der Waals surface area contributed by atoms with Gasteiger partial charge in [0.1, 0.15) is 5.15 Å². The van der Waals surface area contributed by atoms with E-state index in [1.807, 2.05) is 6.07 Å². The van der Waals surface area contributed by atoms with Crippen molar-refractivity contribution in [2.45, 2.75) is 39.0 Å². The molecule has 84 valence electrons. The SMILES string of the molecule is CCc1cc2nc3c(c(Cl)n2n1)CCCC3. The van der Waals surface area contributed by atoms with Gasteiger partial charge in [-0.2, -0.15) is 5.10 Å². The van der Waals surface area contributed by atoms with Gasteiger partial charge in [-0.1, -0.05) is 18.5 Å². The molecule has 0 unspecified atom stereocenters. The Bertz CT molecular complexity index is 545. The van der Waals surface area contributed by atoms with E-state index in [1.165, 1.54) is 24.1 Å². The van der Waals surface area contributed by atoms with Crippen molar-refractivity contribution >= 4 is 17.2 Å². The van der Waals surface area contributed by atoms with E-state index in [0.29, 0.717) is 0 Å².